The van der Waals surface area contributed by atoms with Crippen LogP contribution in [0, 0.1) is 5.92 Å². The van der Waals surface area contributed by atoms with Crippen LogP contribution in [0.4, 0.5) is 0 Å². The lowest BCUT2D eigenvalue weighted by atomic mass is 9.88. The molecule has 0 amide bonds. The number of aliphatic hydroxyl groups excluding tert-OH is 3. The average Bonchev–Trinajstić information content (AvgIpc) is 2.95. The second-order valence-corrected chi connectivity index (χ2v) is 18.1. The summed E-state index contributed by atoms with van der Waals surface area (Å²) in [5.74, 6) is -1.09. The number of Topliss-reactive ketones (excluding diaryl/α,β-unsaturated/α-hetero) is 1. The molecule has 1 saturated heterocycles. The zero-order valence-electron chi connectivity index (χ0n) is 27.2. The summed E-state index contributed by atoms with van der Waals surface area (Å²) in [7, 11) is -2.66. The molecule has 0 aliphatic carbocycles. The Bertz CT molecular complexity index is 1080. The number of ketones is 1. The predicted molar refractivity (Wildman–Crippen MR) is 173 cm³/mol. The first-order valence-corrected chi connectivity index (χ1v) is 17.7. The largest absolute Gasteiger partial charge is 0.407 e. The molecule has 0 spiro atoms. The van der Waals surface area contributed by atoms with Gasteiger partial charge in [0.25, 0.3) is 8.32 Å². The van der Waals surface area contributed by atoms with Gasteiger partial charge in [-0.15, -0.1) is 0 Å². The minimum atomic E-state index is -2.66. The van der Waals surface area contributed by atoms with Crippen molar-refractivity contribution < 1.29 is 34.0 Å². The van der Waals surface area contributed by atoms with Crippen LogP contribution in [0.3, 0.4) is 0 Å². The molecule has 3 N–H and O–H groups in total. The zero-order valence-corrected chi connectivity index (χ0v) is 28.2. The molecule has 1 aliphatic heterocycles. The standard InChI is InChI=1S/C35H54O7Si/c1-25(33(39)32-24-27(21-20-26(2)36)41-35(6,7)42-32)23-31(38)30(37)19-14-22-40-43(34(3,4)5,28-15-10-8-11-16-28)29-17-12-9-13-18-29/h8-13,15-18,25,27,30-33,37-39H,14,19-24H2,1-7H3/t25-,27+,30+,31+,32+,33-/m1/s1. The van der Waals surface area contributed by atoms with Gasteiger partial charge >= 0.3 is 0 Å². The van der Waals surface area contributed by atoms with Gasteiger partial charge in [-0.1, -0.05) is 88.4 Å². The minimum absolute atomic E-state index is 0.104. The summed E-state index contributed by atoms with van der Waals surface area (Å²) in [6.45, 7) is 14.2. The van der Waals surface area contributed by atoms with E-state index in [1.807, 2.05) is 32.9 Å². The summed E-state index contributed by atoms with van der Waals surface area (Å²) in [6, 6.07) is 20.9. The van der Waals surface area contributed by atoms with E-state index < -0.39 is 38.5 Å². The molecule has 3 rings (SSSR count). The molecule has 0 saturated carbocycles. The Labute approximate surface area is 259 Å². The van der Waals surface area contributed by atoms with Crippen LogP contribution in [-0.4, -0.2) is 72.3 Å². The van der Waals surface area contributed by atoms with Gasteiger partial charge in [-0.25, -0.2) is 0 Å². The van der Waals surface area contributed by atoms with E-state index >= 15 is 0 Å². The van der Waals surface area contributed by atoms with Crippen molar-refractivity contribution in [1.82, 2.24) is 0 Å². The number of ether oxygens (including phenoxy) is 2. The fourth-order valence-corrected chi connectivity index (χ4v) is 11.0. The first-order valence-electron chi connectivity index (χ1n) is 15.8. The Morgan fingerprint density at radius 2 is 1.53 bits per heavy atom. The van der Waals surface area contributed by atoms with Crippen LogP contribution in [0.1, 0.15) is 87.0 Å². The van der Waals surface area contributed by atoms with Gasteiger partial charge in [0.15, 0.2) is 5.79 Å². The van der Waals surface area contributed by atoms with Crippen molar-refractivity contribution in [1.29, 1.82) is 0 Å². The SMILES string of the molecule is CC(=O)CC[C@H]1C[C@@H]([C@H](O)[C@H](C)C[C@H](O)[C@@H](O)CCCO[Si](c2ccccc2)(c2ccccc2)C(C)(C)C)OC(C)(C)O1. The fraction of sp³-hybridized carbons (Fsp3) is 0.629. The van der Waals surface area contributed by atoms with E-state index in [1.165, 1.54) is 10.4 Å². The Kier molecular flexibility index (Phi) is 12.7. The molecular weight excluding hydrogens is 560 g/mol. The highest BCUT2D eigenvalue weighted by Crippen LogP contribution is 2.37. The van der Waals surface area contributed by atoms with Crippen LogP contribution in [0.25, 0.3) is 0 Å². The Hall–Kier alpha value is -1.91. The third-order valence-electron chi connectivity index (χ3n) is 8.60. The zero-order chi connectivity index (χ0) is 31.8. The van der Waals surface area contributed by atoms with Gasteiger partial charge < -0.3 is 34.0 Å². The van der Waals surface area contributed by atoms with Gasteiger partial charge in [0.05, 0.1) is 30.5 Å². The Morgan fingerprint density at radius 3 is 2.05 bits per heavy atom. The highest BCUT2D eigenvalue weighted by molar-refractivity contribution is 6.99. The van der Waals surface area contributed by atoms with Crippen molar-refractivity contribution in [2.45, 2.75) is 128 Å². The molecule has 0 aromatic heterocycles. The topological polar surface area (TPSA) is 105 Å². The second-order valence-electron chi connectivity index (χ2n) is 13.8. The van der Waals surface area contributed by atoms with E-state index in [1.54, 1.807) is 6.92 Å². The van der Waals surface area contributed by atoms with Gasteiger partial charge in [0, 0.05) is 19.4 Å². The summed E-state index contributed by atoms with van der Waals surface area (Å²) in [4.78, 5) is 11.5. The normalized spacial score (nSPS) is 22.0. The summed E-state index contributed by atoms with van der Waals surface area (Å²) < 4.78 is 18.9. The van der Waals surface area contributed by atoms with E-state index in [9.17, 15) is 20.1 Å². The van der Waals surface area contributed by atoms with Crippen LogP contribution in [-0.2, 0) is 18.7 Å². The van der Waals surface area contributed by atoms with Gasteiger partial charge in [-0.2, -0.15) is 0 Å². The molecule has 0 bridgehead atoms. The van der Waals surface area contributed by atoms with Crippen LogP contribution in [0.2, 0.25) is 5.04 Å². The Morgan fingerprint density at radius 1 is 0.977 bits per heavy atom. The fourth-order valence-electron chi connectivity index (χ4n) is 6.41. The van der Waals surface area contributed by atoms with E-state index in [-0.39, 0.29) is 29.3 Å². The van der Waals surface area contributed by atoms with Crippen molar-refractivity contribution in [3.05, 3.63) is 60.7 Å². The number of aliphatic hydroxyl groups is 3. The smallest absolute Gasteiger partial charge is 0.261 e. The number of hydrogen-bond donors (Lipinski definition) is 3. The molecule has 240 valence electrons. The minimum Gasteiger partial charge on any atom is -0.407 e. The maximum atomic E-state index is 11.5. The van der Waals surface area contributed by atoms with Crippen molar-refractivity contribution in [3.63, 3.8) is 0 Å². The lowest BCUT2D eigenvalue weighted by Crippen LogP contribution is -2.66. The second kappa shape index (κ2) is 15.4. The van der Waals surface area contributed by atoms with E-state index in [4.69, 9.17) is 13.9 Å². The summed E-state index contributed by atoms with van der Waals surface area (Å²) in [5, 5.41) is 35.2. The molecule has 0 unspecified atom stereocenters. The third-order valence-corrected chi connectivity index (χ3v) is 13.6. The van der Waals surface area contributed by atoms with Gasteiger partial charge in [-0.3, -0.25) is 0 Å². The van der Waals surface area contributed by atoms with E-state index in [0.29, 0.717) is 38.7 Å². The molecule has 6 atom stereocenters. The number of carbonyl (C=O) groups is 1. The molecule has 2 aromatic rings. The van der Waals surface area contributed by atoms with Crippen molar-refractivity contribution in [2.24, 2.45) is 5.92 Å². The van der Waals surface area contributed by atoms with Crippen LogP contribution in [0.15, 0.2) is 60.7 Å². The summed E-state index contributed by atoms with van der Waals surface area (Å²) in [6.07, 6.45) is -0.760. The molecule has 1 heterocycles. The van der Waals surface area contributed by atoms with E-state index in [2.05, 4.69) is 69.3 Å². The Balaban J connectivity index is 1.59. The molecule has 1 aliphatic rings. The van der Waals surface area contributed by atoms with E-state index in [0.717, 1.165) is 0 Å². The predicted octanol–water partition coefficient (Wildman–Crippen LogP) is 4.73. The number of hydrogen-bond acceptors (Lipinski definition) is 7. The monoisotopic (exact) mass is 614 g/mol. The van der Waals surface area contributed by atoms with Gasteiger partial charge in [-0.05, 0) is 67.8 Å². The van der Waals surface area contributed by atoms with Crippen LogP contribution in [0.5, 0.6) is 0 Å². The number of carbonyl (C=O) groups excluding carboxylic acids is 1. The first kappa shape index (κ1) is 35.6. The molecule has 2 aromatic carbocycles. The van der Waals surface area contributed by atoms with Crippen LogP contribution < -0.4 is 10.4 Å². The highest BCUT2D eigenvalue weighted by Gasteiger charge is 2.50. The lowest BCUT2D eigenvalue weighted by Gasteiger charge is -2.43. The maximum absolute atomic E-state index is 11.5. The molecule has 8 heteroatoms. The van der Waals surface area contributed by atoms with Gasteiger partial charge in [0.2, 0.25) is 0 Å². The maximum Gasteiger partial charge on any atom is 0.261 e. The molecule has 0 radical (unpaired) electrons. The van der Waals surface area contributed by atoms with Crippen LogP contribution >= 0.6 is 0 Å². The molecule has 1 fully saturated rings. The first-order chi connectivity index (χ1) is 20.2. The third kappa shape index (κ3) is 9.54. The molecule has 7 nitrogen and oxygen atoms in total. The van der Waals surface area contributed by atoms with Crippen molar-refractivity contribution in [3.8, 4) is 0 Å². The number of benzene rings is 2. The van der Waals surface area contributed by atoms with Crippen molar-refractivity contribution in [2.75, 3.05) is 6.61 Å². The quantitative estimate of drug-likeness (QED) is 0.197. The summed E-state index contributed by atoms with van der Waals surface area (Å²) in [5.41, 5.74) is 0. The van der Waals surface area contributed by atoms with Crippen molar-refractivity contribution >= 4 is 24.5 Å². The highest BCUT2D eigenvalue weighted by atomic mass is 28.4. The van der Waals surface area contributed by atoms with Gasteiger partial charge in [0.1, 0.15) is 5.78 Å². The summed E-state index contributed by atoms with van der Waals surface area (Å²) >= 11 is 0. The average molecular weight is 615 g/mol. The molecule has 43 heavy (non-hydrogen) atoms. The lowest BCUT2D eigenvalue weighted by molar-refractivity contribution is -0.316. The molecular formula is C35H54O7Si. The number of rotatable bonds is 15.